The summed E-state index contributed by atoms with van der Waals surface area (Å²) in [6, 6.07) is 14.6. The fourth-order valence-electron chi connectivity index (χ4n) is 2.66. The molecule has 0 spiro atoms. The number of guanidine groups is 1. The molecular weight excluding hydrogens is 365 g/mol. The van der Waals surface area contributed by atoms with E-state index in [1.54, 1.807) is 43.4 Å². The fraction of sp³-hybridized carbons (Fsp3) is 0.350. The first-order valence-corrected chi connectivity index (χ1v) is 10.6. The minimum absolute atomic E-state index is 0.0158. The Bertz CT molecular complexity index is 855. The summed E-state index contributed by atoms with van der Waals surface area (Å²) in [4.78, 5) is 4.47. The van der Waals surface area contributed by atoms with Crippen LogP contribution in [0.3, 0.4) is 0 Å². The van der Waals surface area contributed by atoms with Crippen LogP contribution >= 0.6 is 0 Å². The van der Waals surface area contributed by atoms with Crippen LogP contribution in [0.15, 0.2) is 64.5 Å². The van der Waals surface area contributed by atoms with Crippen molar-refractivity contribution in [2.75, 3.05) is 19.3 Å². The number of hydrogen-bond acceptors (Lipinski definition) is 3. The number of hydrogen-bond donors (Lipinski definition) is 2. The van der Waals surface area contributed by atoms with Crippen LogP contribution in [0.5, 0.6) is 0 Å². The van der Waals surface area contributed by atoms with E-state index in [-0.39, 0.29) is 17.6 Å². The highest BCUT2D eigenvalue weighted by Crippen LogP contribution is 2.12. The van der Waals surface area contributed by atoms with Gasteiger partial charge < -0.3 is 10.6 Å². The molecule has 1 atom stereocenters. The highest BCUT2D eigenvalue weighted by molar-refractivity contribution is 7.91. The molecule has 0 aliphatic carbocycles. The van der Waals surface area contributed by atoms with Gasteiger partial charge in [-0.15, -0.1) is 0 Å². The van der Waals surface area contributed by atoms with Crippen molar-refractivity contribution in [1.29, 1.82) is 0 Å². The number of aliphatic imine (C=N–C) groups is 1. The maximum atomic E-state index is 13.2. The van der Waals surface area contributed by atoms with E-state index < -0.39 is 9.84 Å². The van der Waals surface area contributed by atoms with Crippen LogP contribution in [0, 0.1) is 5.82 Å². The van der Waals surface area contributed by atoms with E-state index >= 15 is 0 Å². The van der Waals surface area contributed by atoms with Crippen LogP contribution in [0.4, 0.5) is 4.39 Å². The predicted molar refractivity (Wildman–Crippen MR) is 107 cm³/mol. The lowest BCUT2D eigenvalue weighted by Crippen LogP contribution is -2.46. The summed E-state index contributed by atoms with van der Waals surface area (Å²) in [5.41, 5.74) is 0.886. The Hall–Kier alpha value is -2.41. The summed E-state index contributed by atoms with van der Waals surface area (Å²) >= 11 is 0. The Kier molecular flexibility index (Phi) is 7.79. The van der Waals surface area contributed by atoms with Gasteiger partial charge in [0, 0.05) is 19.6 Å². The van der Waals surface area contributed by atoms with Crippen LogP contribution in [0.2, 0.25) is 0 Å². The third-order valence-electron chi connectivity index (χ3n) is 4.18. The second kappa shape index (κ2) is 10.1. The third kappa shape index (κ3) is 6.67. The van der Waals surface area contributed by atoms with Crippen LogP contribution < -0.4 is 10.6 Å². The number of sulfone groups is 1. The second-order valence-electron chi connectivity index (χ2n) is 6.22. The molecule has 146 valence electrons. The van der Waals surface area contributed by atoms with Crippen molar-refractivity contribution in [3.63, 3.8) is 0 Å². The summed E-state index contributed by atoms with van der Waals surface area (Å²) in [5.74, 6) is 0.256. The van der Waals surface area contributed by atoms with Crippen LogP contribution in [0.1, 0.15) is 18.9 Å². The molecule has 0 aliphatic rings. The molecule has 0 aromatic heterocycles. The first-order chi connectivity index (χ1) is 12.9. The minimum Gasteiger partial charge on any atom is -0.356 e. The summed E-state index contributed by atoms with van der Waals surface area (Å²) in [5, 5.41) is 6.31. The molecule has 0 saturated heterocycles. The van der Waals surface area contributed by atoms with Crippen molar-refractivity contribution in [2.24, 2.45) is 4.99 Å². The van der Waals surface area contributed by atoms with Crippen molar-refractivity contribution in [1.82, 2.24) is 10.6 Å². The molecule has 1 unspecified atom stereocenters. The Morgan fingerprint density at radius 3 is 2.52 bits per heavy atom. The van der Waals surface area contributed by atoms with E-state index in [2.05, 4.69) is 15.6 Å². The van der Waals surface area contributed by atoms with E-state index in [0.29, 0.717) is 30.2 Å². The third-order valence-corrected chi connectivity index (χ3v) is 6.01. The molecule has 2 aromatic carbocycles. The minimum atomic E-state index is -3.38. The van der Waals surface area contributed by atoms with Crippen molar-refractivity contribution in [3.05, 3.63) is 66.0 Å². The van der Waals surface area contributed by atoms with Crippen molar-refractivity contribution in [2.45, 2.75) is 30.7 Å². The zero-order chi connectivity index (χ0) is 19.7. The number of rotatable bonds is 8. The topological polar surface area (TPSA) is 70.6 Å². The Labute approximate surface area is 160 Å². The fourth-order valence-corrected chi connectivity index (χ4v) is 4.27. The van der Waals surface area contributed by atoms with Gasteiger partial charge >= 0.3 is 0 Å². The Morgan fingerprint density at radius 2 is 1.89 bits per heavy atom. The summed E-state index contributed by atoms with van der Waals surface area (Å²) in [7, 11) is -1.75. The van der Waals surface area contributed by atoms with Crippen molar-refractivity contribution < 1.29 is 12.8 Å². The molecule has 5 nitrogen and oxygen atoms in total. The second-order valence-corrected chi connectivity index (χ2v) is 8.26. The van der Waals surface area contributed by atoms with E-state index in [4.69, 9.17) is 0 Å². The smallest absolute Gasteiger partial charge is 0.191 e. The molecule has 0 amide bonds. The van der Waals surface area contributed by atoms with E-state index in [1.165, 1.54) is 12.1 Å². The van der Waals surface area contributed by atoms with Gasteiger partial charge in [-0.25, -0.2) is 12.8 Å². The summed E-state index contributed by atoms with van der Waals surface area (Å²) in [6.45, 7) is 2.49. The predicted octanol–water partition coefficient (Wildman–Crippen LogP) is 2.79. The molecule has 0 fully saturated rings. The van der Waals surface area contributed by atoms with Crippen LogP contribution in [-0.2, 0) is 16.3 Å². The summed E-state index contributed by atoms with van der Waals surface area (Å²) in [6.07, 6.45) is 1.27. The van der Waals surface area contributed by atoms with Crippen LogP contribution in [0.25, 0.3) is 0 Å². The van der Waals surface area contributed by atoms with Gasteiger partial charge in [-0.05, 0) is 42.7 Å². The van der Waals surface area contributed by atoms with Gasteiger partial charge in [-0.1, -0.05) is 37.3 Å². The van der Waals surface area contributed by atoms with Crippen molar-refractivity contribution >= 4 is 15.8 Å². The maximum absolute atomic E-state index is 13.2. The molecule has 2 N–H and O–H groups in total. The maximum Gasteiger partial charge on any atom is 0.191 e. The Morgan fingerprint density at radius 1 is 1.15 bits per heavy atom. The monoisotopic (exact) mass is 391 g/mol. The molecule has 2 aromatic rings. The molecule has 27 heavy (non-hydrogen) atoms. The molecule has 2 rings (SSSR count). The van der Waals surface area contributed by atoms with Gasteiger partial charge in [-0.3, -0.25) is 4.99 Å². The number of halogens is 1. The van der Waals surface area contributed by atoms with Gasteiger partial charge in [-0.2, -0.15) is 0 Å². The average Bonchev–Trinajstić information content (AvgIpc) is 2.67. The zero-order valence-corrected chi connectivity index (χ0v) is 16.5. The van der Waals surface area contributed by atoms with Gasteiger partial charge in [0.25, 0.3) is 0 Å². The van der Waals surface area contributed by atoms with Gasteiger partial charge in [0.1, 0.15) is 5.82 Å². The van der Waals surface area contributed by atoms with Crippen LogP contribution in [-0.4, -0.2) is 39.8 Å². The molecule has 0 aliphatic heterocycles. The molecular formula is C20H26FN3O2S. The molecule has 0 radical (unpaired) electrons. The van der Waals surface area contributed by atoms with Gasteiger partial charge in [0.05, 0.1) is 10.6 Å². The quantitative estimate of drug-likeness (QED) is 0.536. The van der Waals surface area contributed by atoms with E-state index in [1.807, 2.05) is 13.0 Å². The first kappa shape index (κ1) is 20.9. The first-order valence-electron chi connectivity index (χ1n) is 8.94. The zero-order valence-electron chi connectivity index (χ0n) is 15.7. The Balaban J connectivity index is 1.91. The number of nitrogens with zero attached hydrogens (tertiary/aromatic N) is 1. The number of nitrogens with one attached hydrogen (secondary N) is 2. The highest BCUT2D eigenvalue weighted by atomic mass is 32.2. The molecule has 0 heterocycles. The molecule has 0 bridgehead atoms. The highest BCUT2D eigenvalue weighted by Gasteiger charge is 2.20. The number of benzene rings is 2. The van der Waals surface area contributed by atoms with E-state index in [9.17, 15) is 12.8 Å². The van der Waals surface area contributed by atoms with Gasteiger partial charge in [0.15, 0.2) is 15.8 Å². The standard InChI is InChI=1S/C20H26FN3O2S/c1-3-18(15-27(25,26)19-10-5-4-6-11-19)24-20(22-2)23-13-12-16-8-7-9-17(21)14-16/h4-11,14,18H,3,12-13,15H2,1-2H3,(H2,22,23,24). The SMILES string of the molecule is CCC(CS(=O)(=O)c1ccccc1)NC(=NC)NCCc1cccc(F)c1. The largest absolute Gasteiger partial charge is 0.356 e. The lowest BCUT2D eigenvalue weighted by atomic mass is 10.1. The average molecular weight is 392 g/mol. The molecule has 7 heteroatoms. The summed E-state index contributed by atoms with van der Waals surface area (Å²) < 4.78 is 38.4. The van der Waals surface area contributed by atoms with Gasteiger partial charge in [0.2, 0.25) is 0 Å². The van der Waals surface area contributed by atoms with Crippen molar-refractivity contribution in [3.8, 4) is 0 Å². The lowest BCUT2D eigenvalue weighted by Gasteiger charge is -2.20. The van der Waals surface area contributed by atoms with E-state index in [0.717, 1.165) is 5.56 Å². The lowest BCUT2D eigenvalue weighted by molar-refractivity contribution is 0.569. The normalized spacial score (nSPS) is 13.2. The molecule has 0 saturated carbocycles.